The third kappa shape index (κ3) is 2.40. The average Bonchev–Trinajstić information content (AvgIpc) is 2.68. The lowest BCUT2D eigenvalue weighted by Gasteiger charge is -2.03. The van der Waals surface area contributed by atoms with E-state index < -0.39 is 0 Å². The number of nitrogens with one attached hydrogen (secondary N) is 1. The molecule has 0 fully saturated rings. The van der Waals surface area contributed by atoms with Crippen LogP contribution in [0.25, 0.3) is 0 Å². The van der Waals surface area contributed by atoms with Crippen LogP contribution in [0.1, 0.15) is 15.4 Å². The van der Waals surface area contributed by atoms with E-state index in [0.717, 1.165) is 4.88 Å². The van der Waals surface area contributed by atoms with Gasteiger partial charge in [0.05, 0.1) is 5.51 Å². The van der Waals surface area contributed by atoms with Gasteiger partial charge in [0.2, 0.25) is 0 Å². The second-order valence-corrected chi connectivity index (χ2v) is 4.71. The fraction of sp³-hybridized carbons (Fsp3) is 0.0909. The molecule has 16 heavy (non-hydrogen) atoms. The molecule has 0 aliphatic rings. The maximum Gasteiger partial charge on any atom is 0.275 e. The summed E-state index contributed by atoms with van der Waals surface area (Å²) < 4.78 is 0. The number of halogens is 1. The molecular weight excluding hydrogens is 244 g/mol. The van der Waals surface area contributed by atoms with E-state index in [0.29, 0.717) is 16.4 Å². The lowest BCUT2D eigenvalue weighted by molar-refractivity contribution is 0.102. The predicted octanol–water partition coefficient (Wildman–Crippen LogP) is 3.36. The van der Waals surface area contributed by atoms with E-state index in [-0.39, 0.29) is 5.91 Å². The molecular formula is C11H9ClN2OS. The molecule has 0 saturated heterocycles. The van der Waals surface area contributed by atoms with Crippen molar-refractivity contribution >= 4 is 34.5 Å². The van der Waals surface area contributed by atoms with Gasteiger partial charge in [-0.25, -0.2) is 4.98 Å². The van der Waals surface area contributed by atoms with Crippen molar-refractivity contribution in [3.8, 4) is 0 Å². The molecule has 0 bridgehead atoms. The minimum absolute atomic E-state index is 0.193. The second-order valence-electron chi connectivity index (χ2n) is 3.22. The number of rotatable bonds is 2. The van der Waals surface area contributed by atoms with Crippen LogP contribution in [-0.2, 0) is 0 Å². The van der Waals surface area contributed by atoms with E-state index in [1.54, 1.807) is 29.8 Å². The molecule has 0 aliphatic heterocycles. The third-order valence-corrected chi connectivity index (χ3v) is 3.07. The molecule has 0 radical (unpaired) electrons. The van der Waals surface area contributed by atoms with Crippen molar-refractivity contribution in [1.82, 2.24) is 4.98 Å². The zero-order valence-corrected chi connectivity index (χ0v) is 10.1. The van der Waals surface area contributed by atoms with Gasteiger partial charge in [0, 0.05) is 15.6 Å². The number of aryl methyl sites for hydroxylation is 1. The van der Waals surface area contributed by atoms with Crippen LogP contribution in [0.3, 0.4) is 0 Å². The number of carbonyl (C=O) groups excluding carboxylic acids is 1. The van der Waals surface area contributed by atoms with Crippen LogP contribution in [0, 0.1) is 6.92 Å². The first-order valence-corrected chi connectivity index (χ1v) is 5.89. The van der Waals surface area contributed by atoms with Crippen molar-refractivity contribution in [2.24, 2.45) is 0 Å². The van der Waals surface area contributed by atoms with E-state index in [2.05, 4.69) is 10.3 Å². The lowest BCUT2D eigenvalue weighted by Crippen LogP contribution is -2.13. The van der Waals surface area contributed by atoms with Gasteiger partial charge in [-0.3, -0.25) is 4.79 Å². The van der Waals surface area contributed by atoms with Crippen LogP contribution in [-0.4, -0.2) is 10.9 Å². The maximum atomic E-state index is 11.8. The van der Waals surface area contributed by atoms with Gasteiger partial charge in [-0.1, -0.05) is 11.6 Å². The van der Waals surface area contributed by atoms with Crippen LogP contribution >= 0.6 is 22.9 Å². The Balaban J connectivity index is 2.14. The van der Waals surface area contributed by atoms with Crippen LogP contribution in [0.15, 0.2) is 29.8 Å². The fourth-order valence-corrected chi connectivity index (χ4v) is 1.95. The van der Waals surface area contributed by atoms with Crippen molar-refractivity contribution in [2.45, 2.75) is 6.92 Å². The smallest absolute Gasteiger partial charge is 0.275 e. The van der Waals surface area contributed by atoms with Crippen molar-refractivity contribution in [1.29, 1.82) is 0 Å². The Hall–Kier alpha value is -1.39. The van der Waals surface area contributed by atoms with Gasteiger partial charge in [-0.2, -0.15) is 0 Å². The van der Waals surface area contributed by atoms with Gasteiger partial charge in [0.25, 0.3) is 5.91 Å². The van der Waals surface area contributed by atoms with Crippen LogP contribution in [0.2, 0.25) is 5.02 Å². The molecule has 0 atom stereocenters. The van der Waals surface area contributed by atoms with Crippen LogP contribution in [0.5, 0.6) is 0 Å². The summed E-state index contributed by atoms with van der Waals surface area (Å²) >= 11 is 7.20. The molecule has 0 unspecified atom stereocenters. The summed E-state index contributed by atoms with van der Waals surface area (Å²) in [6.07, 6.45) is 0. The van der Waals surface area contributed by atoms with E-state index in [1.807, 2.05) is 6.92 Å². The topological polar surface area (TPSA) is 42.0 Å². The number of aromatic nitrogens is 1. The normalized spacial score (nSPS) is 10.1. The van der Waals surface area contributed by atoms with Gasteiger partial charge in [0.15, 0.2) is 0 Å². The first-order valence-electron chi connectivity index (χ1n) is 4.64. The molecule has 0 spiro atoms. The monoisotopic (exact) mass is 252 g/mol. The number of amides is 1. The van der Waals surface area contributed by atoms with Gasteiger partial charge < -0.3 is 5.32 Å². The van der Waals surface area contributed by atoms with Crippen LogP contribution < -0.4 is 5.32 Å². The lowest BCUT2D eigenvalue weighted by atomic mass is 10.3. The van der Waals surface area contributed by atoms with Crippen molar-refractivity contribution in [3.63, 3.8) is 0 Å². The SMILES string of the molecule is Cc1scnc1C(=O)Nc1ccc(Cl)cc1. The second kappa shape index (κ2) is 4.63. The fourth-order valence-electron chi connectivity index (χ4n) is 1.25. The average molecular weight is 253 g/mol. The number of hydrogen-bond donors (Lipinski definition) is 1. The molecule has 5 heteroatoms. The van der Waals surface area contributed by atoms with Gasteiger partial charge in [-0.15, -0.1) is 11.3 Å². The first-order chi connectivity index (χ1) is 7.66. The predicted molar refractivity (Wildman–Crippen MR) is 66.3 cm³/mol. The maximum absolute atomic E-state index is 11.8. The Bertz CT molecular complexity index is 507. The molecule has 1 N–H and O–H groups in total. The highest BCUT2D eigenvalue weighted by Crippen LogP contribution is 2.16. The first kappa shape index (κ1) is 11.1. The summed E-state index contributed by atoms with van der Waals surface area (Å²) in [6.45, 7) is 1.87. The molecule has 2 rings (SSSR count). The summed E-state index contributed by atoms with van der Waals surface area (Å²) in [5.74, 6) is -0.193. The highest BCUT2D eigenvalue weighted by molar-refractivity contribution is 7.09. The standard InChI is InChI=1S/C11H9ClN2OS/c1-7-10(13-6-16-7)11(15)14-9-4-2-8(12)3-5-9/h2-6H,1H3,(H,14,15). The Morgan fingerprint density at radius 3 is 2.62 bits per heavy atom. The quantitative estimate of drug-likeness (QED) is 0.891. The summed E-state index contributed by atoms with van der Waals surface area (Å²) in [4.78, 5) is 16.7. The zero-order chi connectivity index (χ0) is 11.5. The van der Waals surface area contributed by atoms with Gasteiger partial charge in [-0.05, 0) is 31.2 Å². The molecule has 1 aromatic carbocycles. The third-order valence-electron chi connectivity index (χ3n) is 2.06. The number of anilines is 1. The highest BCUT2D eigenvalue weighted by Gasteiger charge is 2.11. The molecule has 1 aromatic heterocycles. The van der Waals surface area contributed by atoms with E-state index in [9.17, 15) is 4.79 Å². The van der Waals surface area contributed by atoms with Crippen LogP contribution in [0.4, 0.5) is 5.69 Å². The summed E-state index contributed by atoms with van der Waals surface area (Å²) in [5, 5.41) is 3.40. The Labute approximate surface area is 102 Å². The Morgan fingerprint density at radius 1 is 1.38 bits per heavy atom. The van der Waals surface area contributed by atoms with E-state index in [4.69, 9.17) is 11.6 Å². The van der Waals surface area contributed by atoms with Gasteiger partial charge in [0.1, 0.15) is 5.69 Å². The minimum atomic E-state index is -0.193. The highest BCUT2D eigenvalue weighted by atomic mass is 35.5. The minimum Gasteiger partial charge on any atom is -0.321 e. The molecule has 1 heterocycles. The summed E-state index contributed by atoms with van der Waals surface area (Å²) in [6, 6.07) is 6.96. The molecule has 82 valence electrons. The zero-order valence-electron chi connectivity index (χ0n) is 8.53. The van der Waals surface area contributed by atoms with Crippen molar-refractivity contribution < 1.29 is 4.79 Å². The van der Waals surface area contributed by atoms with Gasteiger partial charge >= 0.3 is 0 Å². The Morgan fingerprint density at radius 2 is 2.06 bits per heavy atom. The van der Waals surface area contributed by atoms with E-state index in [1.165, 1.54) is 11.3 Å². The molecule has 0 saturated carbocycles. The molecule has 2 aromatic rings. The molecule has 3 nitrogen and oxygen atoms in total. The number of hydrogen-bond acceptors (Lipinski definition) is 3. The van der Waals surface area contributed by atoms with Crippen molar-refractivity contribution in [3.05, 3.63) is 45.4 Å². The number of benzene rings is 1. The summed E-state index contributed by atoms with van der Waals surface area (Å²) in [5.41, 5.74) is 2.84. The number of carbonyl (C=O) groups is 1. The summed E-state index contributed by atoms with van der Waals surface area (Å²) in [7, 11) is 0. The largest absolute Gasteiger partial charge is 0.321 e. The molecule has 0 aliphatic carbocycles. The Kier molecular flexibility index (Phi) is 3.22. The number of thiazole rings is 1. The van der Waals surface area contributed by atoms with E-state index >= 15 is 0 Å². The van der Waals surface area contributed by atoms with Crippen molar-refractivity contribution in [2.75, 3.05) is 5.32 Å². The molecule has 1 amide bonds. The number of nitrogens with zero attached hydrogens (tertiary/aromatic N) is 1.